The first-order chi connectivity index (χ1) is 5.61. The number of carbonyl (C=O) groups excluding carboxylic acids is 1. The number of amides is 1. The van der Waals surface area contributed by atoms with Gasteiger partial charge in [-0.15, -0.1) is 0 Å². The van der Waals surface area contributed by atoms with Crippen LogP contribution < -0.4 is 11.1 Å². The van der Waals surface area contributed by atoms with Crippen LogP contribution in [0.4, 0.5) is 0 Å². The largest absolute Gasteiger partial charge is 0.370 e. The van der Waals surface area contributed by atoms with Gasteiger partial charge in [-0.3, -0.25) is 4.79 Å². The van der Waals surface area contributed by atoms with Gasteiger partial charge in [0.15, 0.2) is 0 Å². The molecular formula is C7H13BrN2O2. The zero-order valence-electron chi connectivity index (χ0n) is 6.97. The smallest absolute Gasteiger partial charge is 0.250 e. The number of carbonyl (C=O) groups is 1. The molecule has 0 saturated carbocycles. The summed E-state index contributed by atoms with van der Waals surface area (Å²) in [5, 5.41) is 2.59. The van der Waals surface area contributed by atoms with Gasteiger partial charge in [-0.2, -0.15) is 0 Å². The van der Waals surface area contributed by atoms with Crippen molar-refractivity contribution in [3.8, 4) is 0 Å². The Morgan fingerprint density at radius 1 is 1.83 bits per heavy atom. The lowest BCUT2D eigenvalue weighted by molar-refractivity contribution is -0.130. The van der Waals surface area contributed by atoms with E-state index in [1.165, 1.54) is 7.11 Å². The minimum Gasteiger partial charge on any atom is -0.370 e. The van der Waals surface area contributed by atoms with Crippen molar-refractivity contribution in [1.82, 2.24) is 5.32 Å². The van der Waals surface area contributed by atoms with Gasteiger partial charge >= 0.3 is 0 Å². The monoisotopic (exact) mass is 236 g/mol. The molecule has 0 bridgehead atoms. The summed E-state index contributed by atoms with van der Waals surface area (Å²) in [6, 6.07) is 0. The first-order valence-corrected chi connectivity index (χ1v) is 4.25. The Morgan fingerprint density at radius 2 is 2.42 bits per heavy atom. The number of hydrogen-bond donors (Lipinski definition) is 2. The van der Waals surface area contributed by atoms with Crippen LogP contribution in [0.2, 0.25) is 0 Å². The lowest BCUT2D eigenvalue weighted by Gasteiger charge is -2.12. The molecule has 4 nitrogen and oxygen atoms in total. The highest BCUT2D eigenvalue weighted by Crippen LogP contribution is 1.97. The van der Waals surface area contributed by atoms with Crippen LogP contribution in [-0.2, 0) is 9.53 Å². The molecule has 0 rings (SSSR count). The molecule has 0 saturated heterocycles. The minimum atomic E-state index is -0.572. The zero-order valence-corrected chi connectivity index (χ0v) is 8.56. The van der Waals surface area contributed by atoms with Gasteiger partial charge < -0.3 is 15.8 Å². The second-order valence-electron chi connectivity index (χ2n) is 2.20. The van der Waals surface area contributed by atoms with Crippen LogP contribution in [0, 0.1) is 0 Å². The van der Waals surface area contributed by atoms with Crippen LogP contribution in [0.3, 0.4) is 0 Å². The molecular weight excluding hydrogens is 224 g/mol. The third kappa shape index (κ3) is 4.48. The van der Waals surface area contributed by atoms with Crippen molar-refractivity contribution >= 4 is 21.8 Å². The summed E-state index contributed by atoms with van der Waals surface area (Å²) in [7, 11) is 1.44. The molecule has 0 aliphatic heterocycles. The van der Waals surface area contributed by atoms with Gasteiger partial charge in [-0.05, 0) is 0 Å². The number of ether oxygens (including phenoxy) is 1. The molecule has 0 heterocycles. The molecule has 0 aromatic rings. The lowest BCUT2D eigenvalue weighted by Crippen LogP contribution is -2.40. The van der Waals surface area contributed by atoms with Gasteiger partial charge in [0.05, 0.1) is 0 Å². The average Bonchev–Trinajstić information content (AvgIpc) is 2.03. The Balaban J connectivity index is 3.77. The maximum Gasteiger partial charge on any atom is 0.250 e. The Bertz CT molecular complexity index is 169. The van der Waals surface area contributed by atoms with Crippen LogP contribution in [0.5, 0.6) is 0 Å². The summed E-state index contributed by atoms with van der Waals surface area (Å²) in [5.74, 6) is -0.222. The summed E-state index contributed by atoms with van der Waals surface area (Å²) in [5.41, 5.74) is 5.27. The number of nitrogens with two attached hydrogens (primary N) is 1. The molecule has 1 amide bonds. The summed E-state index contributed by atoms with van der Waals surface area (Å²) >= 11 is 3.11. The van der Waals surface area contributed by atoms with E-state index in [0.29, 0.717) is 11.0 Å². The predicted molar refractivity (Wildman–Crippen MR) is 50.9 cm³/mol. The van der Waals surface area contributed by atoms with Crippen molar-refractivity contribution in [3.05, 3.63) is 11.1 Å². The van der Waals surface area contributed by atoms with Crippen molar-refractivity contribution < 1.29 is 9.53 Å². The predicted octanol–water partition coefficient (Wildman–Crippen LogP) is -0.0151. The van der Waals surface area contributed by atoms with Gasteiger partial charge in [0.25, 0.3) is 5.91 Å². The van der Waals surface area contributed by atoms with Crippen LogP contribution in [0.15, 0.2) is 11.1 Å². The standard InChI is InChI=1S/C7H13BrN2O2/c1-5(8)4-10-7(11)6(3-9)12-2/h6H,1,3-4,9H2,2H3,(H,10,11). The summed E-state index contributed by atoms with van der Waals surface area (Å²) in [6.45, 7) is 4.13. The van der Waals surface area contributed by atoms with E-state index >= 15 is 0 Å². The van der Waals surface area contributed by atoms with E-state index in [2.05, 4.69) is 27.8 Å². The van der Waals surface area contributed by atoms with Crippen molar-refractivity contribution in [2.24, 2.45) is 5.73 Å². The third-order valence-electron chi connectivity index (χ3n) is 1.25. The number of hydrogen-bond acceptors (Lipinski definition) is 3. The molecule has 0 aliphatic carbocycles. The van der Waals surface area contributed by atoms with Crippen molar-refractivity contribution in [3.63, 3.8) is 0 Å². The molecule has 12 heavy (non-hydrogen) atoms. The minimum absolute atomic E-state index is 0.178. The van der Waals surface area contributed by atoms with Crippen LogP contribution >= 0.6 is 15.9 Å². The molecule has 0 aliphatic rings. The highest BCUT2D eigenvalue weighted by atomic mass is 79.9. The Morgan fingerprint density at radius 3 is 2.75 bits per heavy atom. The normalized spacial score (nSPS) is 12.2. The van der Waals surface area contributed by atoms with Crippen LogP contribution in [0.1, 0.15) is 0 Å². The van der Waals surface area contributed by atoms with E-state index in [9.17, 15) is 4.79 Å². The highest BCUT2D eigenvalue weighted by molar-refractivity contribution is 9.11. The van der Waals surface area contributed by atoms with Crippen LogP contribution in [-0.4, -0.2) is 32.2 Å². The molecule has 1 atom stereocenters. The van der Waals surface area contributed by atoms with Crippen LogP contribution in [0.25, 0.3) is 0 Å². The quantitative estimate of drug-likeness (QED) is 0.706. The van der Waals surface area contributed by atoms with Gasteiger partial charge in [0.2, 0.25) is 0 Å². The molecule has 0 aromatic carbocycles. The molecule has 0 radical (unpaired) electrons. The number of methoxy groups -OCH3 is 1. The topological polar surface area (TPSA) is 64.4 Å². The van der Waals surface area contributed by atoms with E-state index in [1.54, 1.807) is 0 Å². The molecule has 0 fully saturated rings. The summed E-state index contributed by atoms with van der Waals surface area (Å²) in [4.78, 5) is 11.1. The third-order valence-corrected chi connectivity index (χ3v) is 1.53. The second kappa shape index (κ2) is 6.16. The van der Waals surface area contributed by atoms with E-state index in [0.717, 1.165) is 0 Å². The number of nitrogens with one attached hydrogen (secondary N) is 1. The van der Waals surface area contributed by atoms with Gasteiger partial charge in [-0.1, -0.05) is 22.5 Å². The van der Waals surface area contributed by atoms with Crippen molar-refractivity contribution in [2.45, 2.75) is 6.10 Å². The molecule has 70 valence electrons. The summed E-state index contributed by atoms with van der Waals surface area (Å²) < 4.78 is 5.52. The zero-order chi connectivity index (χ0) is 9.56. The first-order valence-electron chi connectivity index (χ1n) is 3.45. The Hall–Kier alpha value is -0.390. The van der Waals surface area contributed by atoms with Gasteiger partial charge in [0, 0.05) is 24.7 Å². The first kappa shape index (κ1) is 11.6. The Labute approximate surface area is 80.3 Å². The number of halogens is 1. The van der Waals surface area contributed by atoms with E-state index in [-0.39, 0.29) is 12.5 Å². The maximum atomic E-state index is 11.1. The van der Waals surface area contributed by atoms with E-state index in [1.807, 2.05) is 0 Å². The molecule has 0 aromatic heterocycles. The molecule has 5 heteroatoms. The fourth-order valence-corrected chi connectivity index (χ4v) is 0.747. The Kier molecular flexibility index (Phi) is 5.96. The van der Waals surface area contributed by atoms with Crippen molar-refractivity contribution in [2.75, 3.05) is 20.2 Å². The maximum absolute atomic E-state index is 11.1. The SMILES string of the molecule is C=C(Br)CNC(=O)C(CN)OC. The number of rotatable bonds is 5. The van der Waals surface area contributed by atoms with Gasteiger partial charge in [-0.25, -0.2) is 0 Å². The lowest BCUT2D eigenvalue weighted by atomic mass is 10.3. The van der Waals surface area contributed by atoms with Gasteiger partial charge in [0.1, 0.15) is 6.10 Å². The molecule has 3 N–H and O–H groups in total. The highest BCUT2D eigenvalue weighted by Gasteiger charge is 2.14. The van der Waals surface area contributed by atoms with Crippen molar-refractivity contribution in [1.29, 1.82) is 0 Å². The fraction of sp³-hybridized carbons (Fsp3) is 0.571. The average molecular weight is 237 g/mol. The van der Waals surface area contributed by atoms with E-state index < -0.39 is 6.10 Å². The molecule has 1 unspecified atom stereocenters. The second-order valence-corrected chi connectivity index (χ2v) is 3.32. The van der Waals surface area contributed by atoms with E-state index in [4.69, 9.17) is 10.5 Å². The fourth-order valence-electron chi connectivity index (χ4n) is 0.607. The summed E-state index contributed by atoms with van der Waals surface area (Å²) in [6.07, 6.45) is -0.572. The molecule has 0 spiro atoms.